The Bertz CT molecular complexity index is 347. The monoisotopic (exact) mass is 238 g/mol. The standard InChI is InChI=1S/C13H18O4/c1-8(14)2-7-13(16)17-12-6-4-9-10(12)3-5-11(9)15/h2,7,9-12,14-15H,1,3-6H2/t9-,10-,11+,12+/m0/s1. The van der Waals surface area contributed by atoms with Crippen LogP contribution in [0.4, 0.5) is 0 Å². The fourth-order valence-electron chi connectivity index (χ4n) is 3.01. The lowest BCUT2D eigenvalue weighted by Crippen LogP contribution is -2.23. The molecule has 17 heavy (non-hydrogen) atoms. The molecule has 94 valence electrons. The fourth-order valence-corrected chi connectivity index (χ4v) is 3.01. The van der Waals surface area contributed by atoms with Gasteiger partial charge in [0.15, 0.2) is 0 Å². The number of carbonyl (C=O) groups is 1. The zero-order valence-corrected chi connectivity index (χ0v) is 9.71. The molecular formula is C13H18O4. The van der Waals surface area contributed by atoms with E-state index in [1.807, 2.05) is 0 Å². The maximum Gasteiger partial charge on any atom is 0.331 e. The molecule has 0 unspecified atom stereocenters. The van der Waals surface area contributed by atoms with Gasteiger partial charge in [0.05, 0.1) is 6.10 Å². The highest BCUT2D eigenvalue weighted by Gasteiger charge is 2.45. The molecule has 2 fully saturated rings. The molecule has 0 bridgehead atoms. The summed E-state index contributed by atoms with van der Waals surface area (Å²) in [7, 11) is 0. The summed E-state index contributed by atoms with van der Waals surface area (Å²) in [6, 6.07) is 0. The van der Waals surface area contributed by atoms with Gasteiger partial charge in [0.1, 0.15) is 11.9 Å². The van der Waals surface area contributed by atoms with E-state index in [1.54, 1.807) is 0 Å². The third kappa shape index (κ3) is 2.69. The lowest BCUT2D eigenvalue weighted by Gasteiger charge is -2.18. The summed E-state index contributed by atoms with van der Waals surface area (Å²) in [5, 5.41) is 18.6. The topological polar surface area (TPSA) is 66.8 Å². The van der Waals surface area contributed by atoms with Crippen LogP contribution in [0.3, 0.4) is 0 Å². The summed E-state index contributed by atoms with van der Waals surface area (Å²) < 4.78 is 5.33. The first-order valence-electron chi connectivity index (χ1n) is 6.02. The van der Waals surface area contributed by atoms with Crippen LogP contribution in [0, 0.1) is 11.8 Å². The summed E-state index contributed by atoms with van der Waals surface area (Å²) in [5.74, 6) is -0.0148. The second kappa shape index (κ2) is 4.92. The van der Waals surface area contributed by atoms with Crippen molar-refractivity contribution in [2.75, 3.05) is 0 Å². The molecule has 0 spiro atoms. The van der Waals surface area contributed by atoms with Crippen molar-refractivity contribution in [2.24, 2.45) is 11.8 Å². The Labute approximate surface area is 101 Å². The van der Waals surface area contributed by atoms with E-state index in [4.69, 9.17) is 9.84 Å². The van der Waals surface area contributed by atoms with Gasteiger partial charge in [-0.1, -0.05) is 6.58 Å². The molecule has 0 heterocycles. The molecule has 2 rings (SSSR count). The first-order valence-corrected chi connectivity index (χ1v) is 6.02. The first kappa shape index (κ1) is 12.2. The van der Waals surface area contributed by atoms with Crippen LogP contribution < -0.4 is 0 Å². The van der Waals surface area contributed by atoms with Crippen molar-refractivity contribution >= 4 is 5.97 Å². The number of esters is 1. The molecule has 2 aliphatic rings. The van der Waals surface area contributed by atoms with Gasteiger partial charge in [-0.25, -0.2) is 4.79 Å². The molecule has 0 aromatic rings. The highest BCUT2D eigenvalue weighted by atomic mass is 16.5. The number of aliphatic hydroxyl groups is 2. The van der Waals surface area contributed by atoms with Crippen molar-refractivity contribution in [2.45, 2.75) is 37.9 Å². The molecule has 2 N–H and O–H groups in total. The van der Waals surface area contributed by atoms with Crippen LogP contribution >= 0.6 is 0 Å². The van der Waals surface area contributed by atoms with Crippen LogP contribution in [0.25, 0.3) is 0 Å². The van der Waals surface area contributed by atoms with Crippen LogP contribution in [0.1, 0.15) is 25.7 Å². The molecule has 4 nitrogen and oxygen atoms in total. The van der Waals surface area contributed by atoms with E-state index in [1.165, 1.54) is 12.2 Å². The maximum absolute atomic E-state index is 11.4. The number of ether oxygens (including phenoxy) is 1. The number of carbonyl (C=O) groups excluding carboxylic acids is 1. The second-order valence-electron chi connectivity index (χ2n) is 4.85. The van der Waals surface area contributed by atoms with Gasteiger partial charge in [-0.2, -0.15) is 0 Å². The average Bonchev–Trinajstić information content (AvgIpc) is 2.81. The van der Waals surface area contributed by atoms with Crippen molar-refractivity contribution in [3.63, 3.8) is 0 Å². The summed E-state index contributed by atoms with van der Waals surface area (Å²) in [6.07, 6.45) is 5.59. The number of rotatable bonds is 3. The van der Waals surface area contributed by atoms with Crippen molar-refractivity contribution in [3.05, 3.63) is 24.5 Å². The number of aliphatic hydroxyl groups excluding tert-OH is 2. The van der Waals surface area contributed by atoms with Crippen LogP contribution in [-0.2, 0) is 9.53 Å². The summed E-state index contributed by atoms with van der Waals surface area (Å²) in [5.41, 5.74) is 0. The van der Waals surface area contributed by atoms with E-state index < -0.39 is 5.97 Å². The smallest absolute Gasteiger partial charge is 0.331 e. The minimum atomic E-state index is -0.452. The Morgan fingerprint density at radius 2 is 1.88 bits per heavy atom. The first-order chi connectivity index (χ1) is 8.08. The Kier molecular flexibility index (Phi) is 3.52. The Balaban J connectivity index is 1.88. The van der Waals surface area contributed by atoms with Gasteiger partial charge in [0.25, 0.3) is 0 Å². The molecule has 0 saturated heterocycles. The number of fused-ring (bicyclic) bond motifs is 1. The van der Waals surface area contributed by atoms with Crippen molar-refractivity contribution in [1.82, 2.24) is 0 Å². The molecule has 0 radical (unpaired) electrons. The van der Waals surface area contributed by atoms with Crippen LogP contribution in [0.5, 0.6) is 0 Å². The summed E-state index contributed by atoms with van der Waals surface area (Å²) in [6.45, 7) is 3.25. The zero-order valence-electron chi connectivity index (χ0n) is 9.71. The third-order valence-corrected chi connectivity index (χ3v) is 3.78. The van der Waals surface area contributed by atoms with E-state index in [-0.39, 0.29) is 18.0 Å². The Morgan fingerprint density at radius 3 is 2.59 bits per heavy atom. The van der Waals surface area contributed by atoms with Gasteiger partial charge < -0.3 is 14.9 Å². The highest BCUT2D eigenvalue weighted by molar-refractivity contribution is 5.82. The van der Waals surface area contributed by atoms with Crippen molar-refractivity contribution in [3.8, 4) is 0 Å². The minimum Gasteiger partial charge on any atom is -0.509 e. The molecule has 2 saturated carbocycles. The zero-order chi connectivity index (χ0) is 12.4. The predicted molar refractivity (Wildman–Crippen MR) is 62.2 cm³/mol. The summed E-state index contributed by atoms with van der Waals surface area (Å²) >= 11 is 0. The molecule has 0 amide bonds. The highest BCUT2D eigenvalue weighted by Crippen LogP contribution is 2.45. The molecule has 4 atom stereocenters. The number of allylic oxidation sites excluding steroid dienone is 1. The van der Waals surface area contributed by atoms with Crippen LogP contribution in [-0.4, -0.2) is 28.4 Å². The fraction of sp³-hybridized carbons (Fsp3) is 0.615. The Hall–Kier alpha value is -1.29. The van der Waals surface area contributed by atoms with Gasteiger partial charge in [0.2, 0.25) is 0 Å². The lowest BCUT2D eigenvalue weighted by molar-refractivity contribution is -0.144. The van der Waals surface area contributed by atoms with E-state index in [2.05, 4.69) is 6.58 Å². The minimum absolute atomic E-state index is 0.0822. The number of hydrogen-bond acceptors (Lipinski definition) is 4. The molecule has 0 aromatic heterocycles. The van der Waals surface area contributed by atoms with Gasteiger partial charge in [-0.3, -0.25) is 0 Å². The SMILES string of the molecule is C=C(O)C=CC(=O)O[C@@H]1CC[C@H]2[C@@H]1CC[C@H]2O. The van der Waals surface area contributed by atoms with Gasteiger partial charge in [-0.05, 0) is 37.7 Å². The molecule has 4 heteroatoms. The largest absolute Gasteiger partial charge is 0.509 e. The van der Waals surface area contributed by atoms with Crippen molar-refractivity contribution < 1.29 is 19.7 Å². The lowest BCUT2D eigenvalue weighted by atomic mass is 9.98. The normalized spacial score (nSPS) is 36.1. The van der Waals surface area contributed by atoms with Crippen molar-refractivity contribution in [1.29, 1.82) is 0 Å². The molecule has 2 aliphatic carbocycles. The maximum atomic E-state index is 11.4. The van der Waals surface area contributed by atoms with E-state index in [0.29, 0.717) is 11.8 Å². The van der Waals surface area contributed by atoms with Crippen LogP contribution in [0.2, 0.25) is 0 Å². The van der Waals surface area contributed by atoms with E-state index in [0.717, 1.165) is 25.7 Å². The molecule has 0 aromatic carbocycles. The van der Waals surface area contributed by atoms with Crippen LogP contribution in [0.15, 0.2) is 24.5 Å². The average molecular weight is 238 g/mol. The molecule has 0 aliphatic heterocycles. The van der Waals surface area contributed by atoms with E-state index in [9.17, 15) is 9.90 Å². The Morgan fingerprint density at radius 1 is 1.18 bits per heavy atom. The van der Waals surface area contributed by atoms with Gasteiger partial charge in [0, 0.05) is 12.0 Å². The van der Waals surface area contributed by atoms with Gasteiger partial charge >= 0.3 is 5.97 Å². The quantitative estimate of drug-likeness (QED) is 0.340. The third-order valence-electron chi connectivity index (χ3n) is 3.78. The predicted octanol–water partition coefficient (Wildman–Crippen LogP) is 1.71. The van der Waals surface area contributed by atoms with E-state index >= 15 is 0 Å². The molecular weight excluding hydrogens is 220 g/mol. The summed E-state index contributed by atoms with van der Waals surface area (Å²) in [4.78, 5) is 11.4. The number of hydrogen-bond donors (Lipinski definition) is 2. The van der Waals surface area contributed by atoms with Gasteiger partial charge in [-0.15, -0.1) is 0 Å². The second-order valence-corrected chi connectivity index (χ2v) is 4.85.